The number of rotatable bonds is 5. The van der Waals surface area contributed by atoms with E-state index >= 15 is 0 Å². The van der Waals surface area contributed by atoms with Crippen molar-refractivity contribution in [2.24, 2.45) is 10.2 Å². The number of benzene rings is 3. The van der Waals surface area contributed by atoms with Gasteiger partial charge in [-0.15, -0.1) is 5.11 Å². The van der Waals surface area contributed by atoms with Gasteiger partial charge in [-0.1, -0.05) is 30.3 Å². The Labute approximate surface area is 172 Å². The number of aromatic nitrogens is 1. The number of aromatic amines is 1. The van der Waals surface area contributed by atoms with Crippen molar-refractivity contribution in [1.82, 2.24) is 9.88 Å². The summed E-state index contributed by atoms with van der Waals surface area (Å²) < 4.78 is 13.5. The van der Waals surface area contributed by atoms with E-state index in [2.05, 4.69) is 15.2 Å². The van der Waals surface area contributed by atoms with E-state index in [-0.39, 0.29) is 17.5 Å². The van der Waals surface area contributed by atoms with Crippen molar-refractivity contribution < 1.29 is 14.3 Å². The zero-order valence-corrected chi connectivity index (χ0v) is 16.2. The molecule has 0 radical (unpaired) electrons. The number of fused-ring (bicyclic) bond motifs is 1. The van der Waals surface area contributed by atoms with Crippen molar-refractivity contribution in [1.29, 1.82) is 0 Å². The minimum Gasteiger partial charge on any atom is -0.493 e. The third-order valence-electron chi connectivity index (χ3n) is 4.70. The first-order valence-corrected chi connectivity index (χ1v) is 9.32. The van der Waals surface area contributed by atoms with Gasteiger partial charge in [-0.3, -0.25) is 4.79 Å². The summed E-state index contributed by atoms with van der Waals surface area (Å²) in [4.78, 5) is 17.0. The molecule has 0 spiro atoms. The Kier molecular flexibility index (Phi) is 5.26. The first kappa shape index (κ1) is 19.3. The highest BCUT2D eigenvalue weighted by atomic mass is 19.1. The van der Waals surface area contributed by atoms with Gasteiger partial charge in [-0.2, -0.15) is 5.11 Å². The molecule has 4 aromatic rings. The average molecular weight is 402 g/mol. The van der Waals surface area contributed by atoms with E-state index in [1.54, 1.807) is 36.2 Å². The van der Waals surface area contributed by atoms with Gasteiger partial charge in [-0.05, 0) is 48.0 Å². The number of hydrogen-bond donors (Lipinski definition) is 2. The summed E-state index contributed by atoms with van der Waals surface area (Å²) in [5, 5.41) is 18.6. The number of amides is 1. The van der Waals surface area contributed by atoms with Gasteiger partial charge < -0.3 is 15.0 Å². The molecule has 30 heavy (non-hydrogen) atoms. The van der Waals surface area contributed by atoms with Gasteiger partial charge in [0.2, 0.25) is 5.88 Å². The lowest BCUT2D eigenvalue weighted by Gasteiger charge is -2.17. The lowest BCUT2D eigenvalue weighted by Crippen LogP contribution is -2.26. The molecule has 0 saturated carbocycles. The molecular formula is C23H19FN4O2. The molecule has 3 aromatic carbocycles. The molecule has 0 unspecified atom stereocenters. The Balaban J connectivity index is 1.49. The SMILES string of the molecule is CN(Cc1ccccc1)C(=O)c1ccc(N=Nc2c(O)[nH]c3ccc(F)cc23)cc1. The summed E-state index contributed by atoms with van der Waals surface area (Å²) >= 11 is 0. The summed E-state index contributed by atoms with van der Waals surface area (Å²) in [5.41, 5.74) is 2.80. The maximum Gasteiger partial charge on any atom is 0.253 e. The minimum absolute atomic E-state index is 0.105. The Morgan fingerprint density at radius 2 is 1.77 bits per heavy atom. The third-order valence-corrected chi connectivity index (χ3v) is 4.70. The number of nitrogens with zero attached hydrogens (tertiary/aromatic N) is 3. The predicted octanol–water partition coefficient (Wildman–Crippen LogP) is 5.70. The van der Waals surface area contributed by atoms with E-state index in [4.69, 9.17) is 0 Å². The Hall–Kier alpha value is -4.00. The molecule has 0 aliphatic heterocycles. The first-order valence-electron chi connectivity index (χ1n) is 9.32. The van der Waals surface area contributed by atoms with Crippen molar-refractivity contribution in [3.63, 3.8) is 0 Å². The molecule has 2 N–H and O–H groups in total. The predicted molar refractivity (Wildman–Crippen MR) is 113 cm³/mol. The van der Waals surface area contributed by atoms with Gasteiger partial charge in [0.15, 0.2) is 5.69 Å². The Bertz CT molecular complexity index is 1220. The van der Waals surface area contributed by atoms with Crippen molar-refractivity contribution in [3.05, 3.63) is 89.7 Å². The Morgan fingerprint density at radius 1 is 1.03 bits per heavy atom. The minimum atomic E-state index is -0.430. The lowest BCUT2D eigenvalue weighted by molar-refractivity contribution is 0.0785. The van der Waals surface area contributed by atoms with Gasteiger partial charge >= 0.3 is 0 Å². The number of nitrogens with one attached hydrogen (secondary N) is 1. The van der Waals surface area contributed by atoms with Crippen LogP contribution in [0, 0.1) is 5.82 Å². The second-order valence-electron chi connectivity index (χ2n) is 6.91. The molecule has 1 amide bonds. The highest BCUT2D eigenvalue weighted by Crippen LogP contribution is 2.36. The van der Waals surface area contributed by atoms with Gasteiger partial charge in [0.1, 0.15) is 5.82 Å². The van der Waals surface area contributed by atoms with E-state index < -0.39 is 5.82 Å². The zero-order valence-electron chi connectivity index (χ0n) is 16.2. The van der Waals surface area contributed by atoms with Gasteiger partial charge in [-0.25, -0.2) is 4.39 Å². The number of halogens is 1. The van der Waals surface area contributed by atoms with Crippen LogP contribution in [-0.2, 0) is 6.54 Å². The Morgan fingerprint density at radius 3 is 2.50 bits per heavy atom. The zero-order chi connectivity index (χ0) is 21.1. The summed E-state index contributed by atoms with van der Waals surface area (Å²) in [5.74, 6) is -0.721. The summed E-state index contributed by atoms with van der Waals surface area (Å²) in [7, 11) is 1.75. The summed E-state index contributed by atoms with van der Waals surface area (Å²) in [6.07, 6.45) is 0. The number of azo groups is 1. The fourth-order valence-corrected chi connectivity index (χ4v) is 3.16. The molecule has 4 rings (SSSR count). The maximum atomic E-state index is 13.5. The number of hydrogen-bond acceptors (Lipinski definition) is 4. The van der Waals surface area contributed by atoms with Gasteiger partial charge in [0.25, 0.3) is 5.91 Å². The van der Waals surface area contributed by atoms with Crippen molar-refractivity contribution in [2.75, 3.05) is 7.05 Å². The highest BCUT2D eigenvalue weighted by Gasteiger charge is 2.13. The number of aromatic hydroxyl groups is 1. The van der Waals surface area contributed by atoms with Crippen LogP contribution in [0.2, 0.25) is 0 Å². The van der Waals surface area contributed by atoms with Crippen LogP contribution in [0.3, 0.4) is 0 Å². The fraction of sp³-hybridized carbons (Fsp3) is 0.0870. The maximum absolute atomic E-state index is 13.5. The molecule has 150 valence electrons. The summed E-state index contributed by atoms with van der Waals surface area (Å²) in [6.45, 7) is 0.511. The van der Waals surface area contributed by atoms with Crippen LogP contribution >= 0.6 is 0 Å². The molecule has 0 bridgehead atoms. The van der Waals surface area contributed by atoms with E-state index in [1.165, 1.54) is 18.2 Å². The molecule has 0 saturated heterocycles. The van der Waals surface area contributed by atoms with Crippen molar-refractivity contribution >= 4 is 28.2 Å². The monoisotopic (exact) mass is 402 g/mol. The van der Waals surface area contributed by atoms with Crippen molar-refractivity contribution in [3.8, 4) is 5.88 Å². The molecule has 1 aromatic heterocycles. The topological polar surface area (TPSA) is 81.1 Å². The van der Waals surface area contributed by atoms with Crippen LogP contribution in [0.1, 0.15) is 15.9 Å². The van der Waals surface area contributed by atoms with Crippen LogP contribution in [0.25, 0.3) is 10.9 Å². The smallest absolute Gasteiger partial charge is 0.253 e. The number of carbonyl (C=O) groups is 1. The molecular weight excluding hydrogens is 383 g/mol. The van der Waals surface area contributed by atoms with E-state index in [9.17, 15) is 14.3 Å². The number of H-pyrrole nitrogens is 1. The lowest BCUT2D eigenvalue weighted by atomic mass is 10.1. The van der Waals surface area contributed by atoms with E-state index in [1.807, 2.05) is 30.3 Å². The normalized spacial score (nSPS) is 11.3. The molecule has 0 atom stereocenters. The van der Waals surface area contributed by atoms with Crippen LogP contribution in [0.5, 0.6) is 5.88 Å². The third kappa shape index (κ3) is 4.05. The van der Waals surface area contributed by atoms with Crippen LogP contribution in [-0.4, -0.2) is 27.9 Å². The molecule has 0 fully saturated rings. The second kappa shape index (κ2) is 8.16. The van der Waals surface area contributed by atoms with E-state index in [0.29, 0.717) is 28.7 Å². The average Bonchev–Trinajstić information content (AvgIpc) is 3.07. The molecule has 1 heterocycles. The van der Waals surface area contributed by atoms with Crippen LogP contribution < -0.4 is 0 Å². The van der Waals surface area contributed by atoms with E-state index in [0.717, 1.165) is 5.56 Å². The fourth-order valence-electron chi connectivity index (χ4n) is 3.16. The molecule has 0 aliphatic carbocycles. The van der Waals surface area contributed by atoms with Crippen LogP contribution in [0.15, 0.2) is 83.0 Å². The van der Waals surface area contributed by atoms with Crippen molar-refractivity contribution in [2.45, 2.75) is 6.54 Å². The van der Waals surface area contributed by atoms with Crippen LogP contribution in [0.4, 0.5) is 15.8 Å². The molecule has 7 heteroatoms. The molecule has 0 aliphatic rings. The number of carbonyl (C=O) groups excluding carboxylic acids is 1. The van der Waals surface area contributed by atoms with Gasteiger partial charge in [0.05, 0.1) is 11.2 Å². The second-order valence-corrected chi connectivity index (χ2v) is 6.91. The quantitative estimate of drug-likeness (QED) is 0.420. The highest BCUT2D eigenvalue weighted by molar-refractivity contribution is 5.95. The summed E-state index contributed by atoms with van der Waals surface area (Å²) in [6, 6.07) is 20.5. The standard InChI is InChI=1S/C23H19FN4O2/c1-28(14-15-5-3-2-4-6-15)23(30)16-7-10-18(11-8-16)26-27-21-19-13-17(24)9-12-20(19)25-22(21)29/h2-13,25,29H,14H2,1H3. The molecule has 6 nitrogen and oxygen atoms in total. The first-order chi connectivity index (χ1) is 14.5. The largest absolute Gasteiger partial charge is 0.493 e. The van der Waals surface area contributed by atoms with Gasteiger partial charge in [0, 0.05) is 24.5 Å².